The maximum atomic E-state index is 13.2. The zero-order valence-corrected chi connectivity index (χ0v) is 17.9. The third-order valence-electron chi connectivity index (χ3n) is 6.61. The van der Waals surface area contributed by atoms with Crippen LogP contribution < -0.4 is 10.6 Å². The first-order valence-corrected chi connectivity index (χ1v) is 12.6. The molecule has 3 saturated heterocycles. The molecule has 9 heteroatoms. The Hall–Kier alpha value is -1.45. The Kier molecular flexibility index (Phi) is 6.27. The summed E-state index contributed by atoms with van der Waals surface area (Å²) in [6, 6.07) is 1.63. The van der Waals surface area contributed by atoms with Gasteiger partial charge < -0.3 is 15.2 Å². The van der Waals surface area contributed by atoms with Gasteiger partial charge in [-0.15, -0.1) is 0 Å². The molecule has 1 amide bonds. The fourth-order valence-electron chi connectivity index (χ4n) is 5.19. The second kappa shape index (κ2) is 8.73. The molecule has 2 N–H and O–H groups in total. The fourth-order valence-corrected chi connectivity index (χ4v) is 7.58. The molecule has 2 bridgehead atoms. The molecule has 0 spiro atoms. The molecular weight excluding hydrogens is 392 g/mol. The predicted molar refractivity (Wildman–Crippen MR) is 109 cm³/mol. The molecule has 0 unspecified atom stereocenters. The number of aryl methyl sites for hydroxylation is 1. The minimum atomic E-state index is -3.28. The van der Waals surface area contributed by atoms with E-state index in [-0.39, 0.29) is 35.7 Å². The van der Waals surface area contributed by atoms with Crippen LogP contribution in [0.15, 0.2) is 10.6 Å². The zero-order chi connectivity index (χ0) is 20.4. The molecule has 8 nitrogen and oxygen atoms in total. The van der Waals surface area contributed by atoms with E-state index in [1.165, 1.54) is 0 Å². The van der Waals surface area contributed by atoms with Crippen LogP contribution in [0.1, 0.15) is 68.1 Å². The lowest BCUT2D eigenvalue weighted by Crippen LogP contribution is -2.59. The second-order valence-electron chi connectivity index (χ2n) is 8.71. The number of nitrogens with zero attached hydrogens (tertiary/aromatic N) is 2. The summed E-state index contributed by atoms with van der Waals surface area (Å²) in [6.45, 7) is 3.76. The van der Waals surface area contributed by atoms with Gasteiger partial charge >= 0.3 is 0 Å². The van der Waals surface area contributed by atoms with Crippen molar-refractivity contribution in [3.63, 3.8) is 0 Å². The molecule has 29 heavy (non-hydrogen) atoms. The Balaban J connectivity index is 1.41. The summed E-state index contributed by atoms with van der Waals surface area (Å²) in [4.78, 5) is 12.5. The first-order chi connectivity index (χ1) is 14.0. The van der Waals surface area contributed by atoms with Crippen molar-refractivity contribution in [2.45, 2.75) is 76.4 Å². The molecule has 162 valence electrons. The Labute approximate surface area is 172 Å². The summed E-state index contributed by atoms with van der Waals surface area (Å²) in [5.41, 5.74) is 0.299. The smallest absolute Gasteiger partial charge is 0.273 e. The molecule has 0 radical (unpaired) electrons. The maximum absolute atomic E-state index is 13.2. The number of sulfonamides is 1. The number of piperidine rings is 3. The van der Waals surface area contributed by atoms with E-state index in [2.05, 4.69) is 15.8 Å². The van der Waals surface area contributed by atoms with Crippen LogP contribution in [0.3, 0.4) is 0 Å². The molecule has 0 saturated carbocycles. The monoisotopic (exact) mass is 424 g/mol. The molecule has 1 aromatic rings. The van der Waals surface area contributed by atoms with Crippen molar-refractivity contribution >= 4 is 15.9 Å². The standard InChI is InChI=1S/C20H32N4O4S/c1-2-18-12-19(23-28-18)20(25)22-15-10-16-4-3-5-17(11-15)24(16)29(26,27)13-14-6-8-21-9-7-14/h12,14-17,21H,2-11,13H2,1H3,(H,22,25)/t15-,16+,17-. The molecule has 0 aromatic carbocycles. The van der Waals surface area contributed by atoms with Crippen LogP contribution >= 0.6 is 0 Å². The van der Waals surface area contributed by atoms with Gasteiger partial charge in [-0.3, -0.25) is 4.79 Å². The van der Waals surface area contributed by atoms with Crippen LogP contribution in [-0.4, -0.2) is 60.8 Å². The summed E-state index contributed by atoms with van der Waals surface area (Å²) in [7, 11) is -3.28. The predicted octanol–water partition coefficient (Wildman–Crippen LogP) is 1.68. The van der Waals surface area contributed by atoms with Gasteiger partial charge in [0.1, 0.15) is 5.76 Å². The highest BCUT2D eigenvalue weighted by molar-refractivity contribution is 7.89. The quantitative estimate of drug-likeness (QED) is 0.720. The summed E-state index contributed by atoms with van der Waals surface area (Å²) < 4.78 is 33.4. The van der Waals surface area contributed by atoms with Gasteiger partial charge in [-0.25, -0.2) is 8.42 Å². The van der Waals surface area contributed by atoms with Crippen LogP contribution in [0.2, 0.25) is 0 Å². The molecule has 4 rings (SSSR count). The Bertz CT molecular complexity index is 804. The van der Waals surface area contributed by atoms with Crippen LogP contribution in [0, 0.1) is 5.92 Å². The highest BCUT2D eigenvalue weighted by atomic mass is 32.2. The van der Waals surface area contributed by atoms with E-state index in [0.29, 0.717) is 30.7 Å². The van der Waals surface area contributed by atoms with Crippen molar-refractivity contribution in [3.8, 4) is 0 Å². The van der Waals surface area contributed by atoms with Crippen molar-refractivity contribution in [1.82, 2.24) is 20.1 Å². The minimum Gasteiger partial charge on any atom is -0.361 e. The van der Waals surface area contributed by atoms with Crippen molar-refractivity contribution in [3.05, 3.63) is 17.5 Å². The average Bonchev–Trinajstić information content (AvgIpc) is 3.17. The SMILES string of the molecule is CCc1cc(C(=O)N[C@H]2C[C@H]3CCC[C@@H](C2)N3S(=O)(=O)CC2CCNCC2)no1. The lowest BCUT2D eigenvalue weighted by molar-refractivity contribution is 0.0788. The number of nitrogens with one attached hydrogen (secondary N) is 2. The third-order valence-corrected chi connectivity index (χ3v) is 8.74. The molecule has 0 aliphatic carbocycles. The summed E-state index contributed by atoms with van der Waals surface area (Å²) in [6.07, 6.45) is 6.70. The van der Waals surface area contributed by atoms with Gasteiger partial charge in [-0.1, -0.05) is 18.5 Å². The third kappa shape index (κ3) is 4.67. The van der Waals surface area contributed by atoms with Crippen molar-refractivity contribution < 1.29 is 17.7 Å². The van der Waals surface area contributed by atoms with Crippen molar-refractivity contribution in [1.29, 1.82) is 0 Å². The Morgan fingerprint density at radius 2 is 1.93 bits per heavy atom. The first-order valence-electron chi connectivity index (χ1n) is 10.9. The molecule has 3 aliphatic rings. The molecule has 4 heterocycles. The molecule has 3 aliphatic heterocycles. The number of fused-ring (bicyclic) bond motifs is 2. The normalized spacial score (nSPS) is 28.9. The fraction of sp³-hybridized carbons (Fsp3) is 0.800. The molecule has 3 atom stereocenters. The molecular formula is C20H32N4O4S. The van der Waals surface area contributed by atoms with E-state index in [1.807, 2.05) is 11.2 Å². The summed E-state index contributed by atoms with van der Waals surface area (Å²) >= 11 is 0. The van der Waals surface area contributed by atoms with Gasteiger partial charge in [0, 0.05) is 30.6 Å². The van der Waals surface area contributed by atoms with Crippen LogP contribution in [0.25, 0.3) is 0 Å². The number of carbonyl (C=O) groups excluding carboxylic acids is 1. The summed E-state index contributed by atoms with van der Waals surface area (Å²) in [5.74, 6) is 0.963. The van der Waals surface area contributed by atoms with E-state index in [9.17, 15) is 13.2 Å². The van der Waals surface area contributed by atoms with Crippen molar-refractivity contribution in [2.75, 3.05) is 18.8 Å². The van der Waals surface area contributed by atoms with E-state index >= 15 is 0 Å². The largest absolute Gasteiger partial charge is 0.361 e. The average molecular weight is 425 g/mol. The number of rotatable bonds is 6. The second-order valence-corrected chi connectivity index (χ2v) is 10.6. The van der Waals surface area contributed by atoms with Crippen LogP contribution in [0.4, 0.5) is 0 Å². The lowest BCUT2D eigenvalue weighted by atomic mass is 9.84. The Morgan fingerprint density at radius 3 is 2.55 bits per heavy atom. The van der Waals surface area contributed by atoms with Gasteiger partial charge in [0.15, 0.2) is 5.69 Å². The zero-order valence-electron chi connectivity index (χ0n) is 17.1. The number of hydrogen-bond acceptors (Lipinski definition) is 6. The van der Waals surface area contributed by atoms with Crippen LogP contribution in [0.5, 0.6) is 0 Å². The topological polar surface area (TPSA) is 105 Å². The minimum absolute atomic E-state index is 0.0111. The first kappa shape index (κ1) is 20.8. The molecule has 1 aromatic heterocycles. The number of hydrogen-bond donors (Lipinski definition) is 2. The highest BCUT2D eigenvalue weighted by Crippen LogP contribution is 2.37. The Morgan fingerprint density at radius 1 is 1.24 bits per heavy atom. The van der Waals surface area contributed by atoms with Gasteiger partial charge in [0.05, 0.1) is 5.75 Å². The highest BCUT2D eigenvalue weighted by Gasteiger charge is 2.45. The van der Waals surface area contributed by atoms with Crippen molar-refractivity contribution in [2.24, 2.45) is 5.92 Å². The number of aromatic nitrogens is 1. The molecule has 3 fully saturated rings. The van der Waals surface area contributed by atoms with Gasteiger partial charge in [0.2, 0.25) is 10.0 Å². The van der Waals surface area contributed by atoms with Gasteiger partial charge in [-0.2, -0.15) is 4.31 Å². The van der Waals surface area contributed by atoms with E-state index in [1.54, 1.807) is 6.07 Å². The van der Waals surface area contributed by atoms with E-state index in [4.69, 9.17) is 4.52 Å². The summed E-state index contributed by atoms with van der Waals surface area (Å²) in [5, 5.41) is 10.2. The van der Waals surface area contributed by atoms with E-state index in [0.717, 1.165) is 45.2 Å². The maximum Gasteiger partial charge on any atom is 0.273 e. The van der Waals surface area contributed by atoms with Crippen LogP contribution in [-0.2, 0) is 16.4 Å². The lowest BCUT2D eigenvalue weighted by Gasteiger charge is -2.48. The van der Waals surface area contributed by atoms with Gasteiger partial charge in [-0.05, 0) is 57.5 Å². The van der Waals surface area contributed by atoms with E-state index < -0.39 is 10.0 Å². The number of amides is 1. The van der Waals surface area contributed by atoms with Gasteiger partial charge in [0.25, 0.3) is 5.91 Å². The number of carbonyl (C=O) groups is 1.